The molecule has 0 amide bonds. The zero-order valence-electron chi connectivity index (χ0n) is 11.8. The predicted molar refractivity (Wildman–Crippen MR) is 80.7 cm³/mol. The molecule has 2 heterocycles. The number of benzene rings is 1. The molecule has 0 bridgehead atoms. The van der Waals surface area contributed by atoms with E-state index in [2.05, 4.69) is 34.1 Å². The van der Waals surface area contributed by atoms with Crippen molar-refractivity contribution >= 4 is 5.82 Å². The summed E-state index contributed by atoms with van der Waals surface area (Å²) in [7, 11) is 0. The van der Waals surface area contributed by atoms with E-state index < -0.39 is 0 Å². The van der Waals surface area contributed by atoms with Crippen LogP contribution < -0.4 is 4.90 Å². The maximum Gasteiger partial charge on any atom is 0.129 e. The summed E-state index contributed by atoms with van der Waals surface area (Å²) in [6, 6.07) is 12.7. The molecule has 104 valence electrons. The Labute approximate surface area is 119 Å². The molecule has 0 fully saturated rings. The number of anilines is 1. The smallest absolute Gasteiger partial charge is 0.129 e. The van der Waals surface area contributed by atoms with Crippen LogP contribution in [-0.2, 0) is 19.6 Å². The molecule has 2 aromatic rings. The van der Waals surface area contributed by atoms with Gasteiger partial charge in [0.2, 0.25) is 0 Å². The van der Waals surface area contributed by atoms with E-state index >= 15 is 0 Å². The van der Waals surface area contributed by atoms with E-state index in [-0.39, 0.29) is 6.61 Å². The van der Waals surface area contributed by atoms with Crippen LogP contribution in [-0.4, -0.2) is 16.6 Å². The third-order valence-corrected chi connectivity index (χ3v) is 4.03. The first-order chi connectivity index (χ1) is 9.78. The topological polar surface area (TPSA) is 36.4 Å². The molecule has 0 atom stereocenters. The lowest BCUT2D eigenvalue weighted by molar-refractivity contribution is 0.280. The molecule has 1 aromatic carbocycles. The minimum absolute atomic E-state index is 0.0575. The molecule has 3 heteroatoms. The quantitative estimate of drug-likeness (QED) is 0.910. The van der Waals surface area contributed by atoms with Gasteiger partial charge in [0, 0.05) is 18.8 Å². The molecular formula is C17H20N2O. The first-order valence-corrected chi connectivity index (χ1v) is 7.17. The number of fused-ring (bicyclic) bond motifs is 1. The summed E-state index contributed by atoms with van der Waals surface area (Å²) in [5.41, 5.74) is 4.68. The summed E-state index contributed by atoms with van der Waals surface area (Å²) in [6.07, 6.45) is 2.29. The van der Waals surface area contributed by atoms with Crippen molar-refractivity contribution in [3.8, 4) is 0 Å². The van der Waals surface area contributed by atoms with Crippen LogP contribution in [0.2, 0.25) is 0 Å². The van der Waals surface area contributed by atoms with Gasteiger partial charge in [-0.05, 0) is 42.5 Å². The van der Waals surface area contributed by atoms with E-state index in [9.17, 15) is 5.11 Å². The maximum atomic E-state index is 9.24. The van der Waals surface area contributed by atoms with Gasteiger partial charge in [0.05, 0.1) is 6.61 Å². The Kier molecular flexibility index (Phi) is 3.70. The van der Waals surface area contributed by atoms with Crippen molar-refractivity contribution in [2.45, 2.75) is 32.9 Å². The van der Waals surface area contributed by atoms with E-state index in [1.807, 2.05) is 19.1 Å². The normalized spacial score (nSPS) is 14.8. The first-order valence-electron chi connectivity index (χ1n) is 7.17. The van der Waals surface area contributed by atoms with E-state index in [1.165, 1.54) is 11.1 Å². The number of aliphatic hydroxyl groups is 1. The number of hydrogen-bond acceptors (Lipinski definition) is 3. The van der Waals surface area contributed by atoms with Gasteiger partial charge in [-0.25, -0.2) is 4.98 Å². The van der Waals surface area contributed by atoms with Gasteiger partial charge >= 0.3 is 0 Å². The molecule has 1 aliphatic rings. The third-order valence-electron chi connectivity index (χ3n) is 4.03. The summed E-state index contributed by atoms with van der Waals surface area (Å²) in [5.74, 6) is 1.01. The van der Waals surface area contributed by atoms with Gasteiger partial charge in [-0.2, -0.15) is 0 Å². The van der Waals surface area contributed by atoms with Crippen molar-refractivity contribution in [3.63, 3.8) is 0 Å². The van der Waals surface area contributed by atoms with Crippen LogP contribution in [0.3, 0.4) is 0 Å². The molecular weight excluding hydrogens is 248 g/mol. The van der Waals surface area contributed by atoms with Crippen molar-refractivity contribution in [1.82, 2.24) is 4.98 Å². The molecule has 1 aromatic heterocycles. The van der Waals surface area contributed by atoms with Gasteiger partial charge < -0.3 is 10.0 Å². The fourth-order valence-electron chi connectivity index (χ4n) is 2.82. The summed E-state index contributed by atoms with van der Waals surface area (Å²) in [4.78, 5) is 6.98. The van der Waals surface area contributed by atoms with Gasteiger partial charge in [-0.15, -0.1) is 0 Å². The fourth-order valence-corrected chi connectivity index (χ4v) is 2.82. The maximum absolute atomic E-state index is 9.24. The second kappa shape index (κ2) is 5.63. The Bertz CT molecular complexity index is 610. The largest absolute Gasteiger partial charge is 0.392 e. The van der Waals surface area contributed by atoms with Crippen LogP contribution >= 0.6 is 0 Å². The Morgan fingerprint density at radius 2 is 1.95 bits per heavy atom. The molecule has 0 radical (unpaired) electrons. The molecule has 0 saturated carbocycles. The summed E-state index contributed by atoms with van der Waals surface area (Å²) in [6.45, 7) is 3.96. The van der Waals surface area contributed by atoms with Gasteiger partial charge in [0.1, 0.15) is 5.82 Å². The zero-order valence-corrected chi connectivity index (χ0v) is 11.8. The molecule has 0 aliphatic carbocycles. The number of hydrogen-bond donors (Lipinski definition) is 1. The van der Waals surface area contributed by atoms with Gasteiger partial charge in [0.15, 0.2) is 0 Å². The monoisotopic (exact) mass is 268 g/mol. The highest BCUT2D eigenvalue weighted by atomic mass is 16.3. The third kappa shape index (κ3) is 2.54. The number of rotatable bonds is 2. The van der Waals surface area contributed by atoms with Gasteiger partial charge in [0.25, 0.3) is 0 Å². The van der Waals surface area contributed by atoms with Crippen LogP contribution in [0.4, 0.5) is 5.82 Å². The highest BCUT2D eigenvalue weighted by Gasteiger charge is 2.15. The van der Waals surface area contributed by atoms with Crippen LogP contribution in [0, 0.1) is 6.92 Å². The number of aryl methyl sites for hydroxylation is 2. The molecule has 3 nitrogen and oxygen atoms in total. The van der Waals surface area contributed by atoms with Crippen molar-refractivity contribution < 1.29 is 5.11 Å². The molecule has 1 aliphatic heterocycles. The highest BCUT2D eigenvalue weighted by Crippen LogP contribution is 2.23. The van der Waals surface area contributed by atoms with E-state index in [0.717, 1.165) is 43.0 Å². The van der Waals surface area contributed by atoms with E-state index in [1.54, 1.807) is 0 Å². The highest BCUT2D eigenvalue weighted by molar-refractivity contribution is 5.44. The number of nitrogens with zero attached hydrogens (tertiary/aromatic N) is 2. The Morgan fingerprint density at radius 1 is 1.15 bits per heavy atom. The number of pyridine rings is 1. The Morgan fingerprint density at radius 3 is 2.70 bits per heavy atom. The first kappa shape index (κ1) is 13.1. The molecule has 0 spiro atoms. The summed E-state index contributed by atoms with van der Waals surface area (Å²) < 4.78 is 0. The minimum atomic E-state index is 0.0575. The second-order valence-electron chi connectivity index (χ2n) is 5.37. The van der Waals surface area contributed by atoms with Crippen molar-refractivity contribution in [3.05, 3.63) is 58.8 Å². The molecule has 0 unspecified atom stereocenters. The lowest BCUT2D eigenvalue weighted by Gasteiger charge is -2.22. The number of aromatic nitrogens is 1. The van der Waals surface area contributed by atoms with Crippen molar-refractivity contribution in [2.24, 2.45) is 0 Å². The SMILES string of the molecule is Cc1nc(N2CCCc3ccccc3C2)ccc1CO. The zero-order chi connectivity index (χ0) is 13.9. The van der Waals surface area contributed by atoms with Crippen LogP contribution in [0.25, 0.3) is 0 Å². The molecule has 0 saturated heterocycles. The second-order valence-corrected chi connectivity index (χ2v) is 5.37. The average Bonchev–Trinajstić information content (AvgIpc) is 2.69. The average molecular weight is 268 g/mol. The lowest BCUT2D eigenvalue weighted by atomic mass is 10.0. The van der Waals surface area contributed by atoms with Crippen molar-refractivity contribution in [2.75, 3.05) is 11.4 Å². The Balaban J connectivity index is 1.89. The molecule has 1 N–H and O–H groups in total. The van der Waals surface area contributed by atoms with E-state index in [0.29, 0.717) is 0 Å². The fraction of sp³-hybridized carbons (Fsp3) is 0.353. The van der Waals surface area contributed by atoms with Crippen molar-refractivity contribution in [1.29, 1.82) is 0 Å². The van der Waals surface area contributed by atoms with Crippen LogP contribution in [0.1, 0.15) is 28.8 Å². The number of aliphatic hydroxyl groups excluding tert-OH is 1. The van der Waals surface area contributed by atoms with Gasteiger partial charge in [-0.3, -0.25) is 0 Å². The Hall–Kier alpha value is -1.87. The summed E-state index contributed by atoms with van der Waals surface area (Å²) >= 11 is 0. The lowest BCUT2D eigenvalue weighted by Crippen LogP contribution is -2.23. The molecule has 3 rings (SSSR count). The van der Waals surface area contributed by atoms with Crippen LogP contribution in [0.15, 0.2) is 36.4 Å². The van der Waals surface area contributed by atoms with E-state index in [4.69, 9.17) is 0 Å². The minimum Gasteiger partial charge on any atom is -0.392 e. The van der Waals surface area contributed by atoms with Gasteiger partial charge in [-0.1, -0.05) is 30.3 Å². The summed E-state index contributed by atoms with van der Waals surface area (Å²) in [5, 5.41) is 9.24. The van der Waals surface area contributed by atoms with Crippen LogP contribution in [0.5, 0.6) is 0 Å². The predicted octanol–water partition coefficient (Wildman–Crippen LogP) is 2.84. The standard InChI is InChI=1S/C17H20N2O/c1-13-16(12-20)8-9-17(18-13)19-10-4-7-14-5-2-3-6-15(14)11-19/h2-3,5-6,8-9,20H,4,7,10-12H2,1H3. The molecule has 20 heavy (non-hydrogen) atoms.